The number of aliphatic hydroxyl groups is 4. The molecule has 0 saturated carbocycles. The summed E-state index contributed by atoms with van der Waals surface area (Å²) in [6, 6.07) is 8.10. The van der Waals surface area contributed by atoms with Crippen LogP contribution in [0.4, 0.5) is 5.69 Å². The maximum atomic E-state index is 12.4. The van der Waals surface area contributed by atoms with Crippen molar-refractivity contribution in [3.63, 3.8) is 0 Å². The molecule has 0 radical (unpaired) electrons. The first-order valence-electron chi connectivity index (χ1n) is 9.93. The topological polar surface area (TPSA) is 158 Å². The third-order valence-electron chi connectivity index (χ3n) is 5.92. The second-order valence-corrected chi connectivity index (χ2v) is 7.80. The highest BCUT2D eigenvalue weighted by Crippen LogP contribution is 2.47. The molecule has 1 fully saturated rings. The van der Waals surface area contributed by atoms with Gasteiger partial charge in [0.05, 0.1) is 25.0 Å². The molecule has 10 nitrogen and oxygen atoms in total. The number of fused-ring (bicyclic) bond motifs is 2. The van der Waals surface area contributed by atoms with Gasteiger partial charge in [-0.1, -0.05) is 6.07 Å². The van der Waals surface area contributed by atoms with Crippen LogP contribution in [-0.4, -0.2) is 75.9 Å². The van der Waals surface area contributed by atoms with Crippen LogP contribution in [0.15, 0.2) is 30.3 Å². The van der Waals surface area contributed by atoms with Gasteiger partial charge >= 0.3 is 0 Å². The number of rotatable bonds is 4. The van der Waals surface area contributed by atoms with Gasteiger partial charge in [0.1, 0.15) is 30.2 Å². The summed E-state index contributed by atoms with van der Waals surface area (Å²) >= 11 is 0. The smallest absolute Gasteiger partial charge is 0.256 e. The average molecular weight is 443 g/mol. The fourth-order valence-corrected chi connectivity index (χ4v) is 4.34. The average Bonchev–Trinajstić information content (AvgIpc) is 3.09. The molecule has 0 bridgehead atoms. The summed E-state index contributed by atoms with van der Waals surface area (Å²) in [5, 5.41) is 55.2. The highest BCUT2D eigenvalue weighted by Gasteiger charge is 2.44. The number of hydrogen-bond acceptors (Lipinski definition) is 9. The molecule has 5 unspecified atom stereocenters. The van der Waals surface area contributed by atoms with Crippen molar-refractivity contribution in [2.24, 2.45) is 0 Å². The van der Waals surface area contributed by atoms with Crippen molar-refractivity contribution in [3.8, 4) is 17.2 Å². The molecular weight excluding hydrogens is 422 g/mol. The molecule has 0 spiro atoms. The molecule has 0 aliphatic carbocycles. The molecule has 10 heteroatoms. The van der Waals surface area contributed by atoms with E-state index in [0.29, 0.717) is 27.4 Å². The molecule has 2 heterocycles. The minimum Gasteiger partial charge on any atom is -0.504 e. The van der Waals surface area contributed by atoms with Crippen molar-refractivity contribution < 1.29 is 44.5 Å². The van der Waals surface area contributed by atoms with Crippen LogP contribution in [0.5, 0.6) is 17.2 Å². The summed E-state index contributed by atoms with van der Waals surface area (Å²) in [7, 11) is 1.41. The van der Waals surface area contributed by atoms with Gasteiger partial charge in [0.15, 0.2) is 11.5 Å². The molecule has 5 atom stereocenters. The normalized spacial score (nSPS) is 27.0. The molecule has 0 aromatic heterocycles. The predicted octanol–water partition coefficient (Wildman–Crippen LogP) is 0.452. The van der Waals surface area contributed by atoms with E-state index in [1.807, 2.05) is 0 Å². The van der Waals surface area contributed by atoms with Crippen LogP contribution in [-0.2, 0) is 4.74 Å². The lowest BCUT2D eigenvalue weighted by molar-refractivity contribution is -0.277. The molecular formula is C22H21NO9. The number of methoxy groups -OCH3 is 1. The van der Waals surface area contributed by atoms with Gasteiger partial charge in [0.25, 0.3) is 5.91 Å². The van der Waals surface area contributed by atoms with E-state index in [4.69, 9.17) is 14.2 Å². The fourth-order valence-electron chi connectivity index (χ4n) is 4.34. The number of carbonyl (C=O) groups excluding carboxylic acids is 1. The van der Waals surface area contributed by atoms with Gasteiger partial charge in [-0.3, -0.25) is 4.79 Å². The van der Waals surface area contributed by atoms with E-state index in [9.17, 15) is 30.3 Å². The first-order valence-corrected chi connectivity index (χ1v) is 9.93. The largest absolute Gasteiger partial charge is 0.504 e. The summed E-state index contributed by atoms with van der Waals surface area (Å²) in [5.41, 5.74) is 0.906. The summed E-state index contributed by atoms with van der Waals surface area (Å²) < 4.78 is 16.6. The Labute approximate surface area is 181 Å². The van der Waals surface area contributed by atoms with Crippen molar-refractivity contribution in [2.75, 3.05) is 19.0 Å². The quantitative estimate of drug-likeness (QED) is 0.315. The zero-order valence-corrected chi connectivity index (χ0v) is 16.8. The summed E-state index contributed by atoms with van der Waals surface area (Å²) in [6.07, 6.45) is -7.07. The van der Waals surface area contributed by atoms with Gasteiger partial charge in [0.2, 0.25) is 6.29 Å². The van der Waals surface area contributed by atoms with Gasteiger partial charge in [-0.2, -0.15) is 0 Å². The Kier molecular flexibility index (Phi) is 4.84. The SMILES string of the molecule is COc1c(O)cc2c3c(cc4ccc(OC5OC(CO)C(O)C(O)C5O)cc4c13)NC2=O. The second-order valence-electron chi connectivity index (χ2n) is 7.80. The lowest BCUT2D eigenvalue weighted by atomic mass is 9.97. The van der Waals surface area contributed by atoms with E-state index < -0.39 is 37.3 Å². The molecule has 3 aromatic carbocycles. The number of carbonyl (C=O) groups is 1. The van der Waals surface area contributed by atoms with Crippen LogP contribution in [0, 0.1) is 0 Å². The van der Waals surface area contributed by atoms with Crippen molar-refractivity contribution in [2.45, 2.75) is 30.7 Å². The van der Waals surface area contributed by atoms with Gasteiger partial charge < -0.3 is 45.1 Å². The Morgan fingerprint density at radius 1 is 1.06 bits per heavy atom. The number of aliphatic hydroxyl groups excluding tert-OH is 4. The minimum absolute atomic E-state index is 0.189. The first-order chi connectivity index (χ1) is 15.3. The summed E-state index contributed by atoms with van der Waals surface area (Å²) in [5.74, 6) is -0.0831. The van der Waals surface area contributed by atoms with Crippen molar-refractivity contribution >= 4 is 33.1 Å². The van der Waals surface area contributed by atoms with Gasteiger partial charge in [-0.05, 0) is 35.0 Å². The third kappa shape index (κ3) is 2.96. The van der Waals surface area contributed by atoms with E-state index in [0.717, 1.165) is 5.39 Å². The highest BCUT2D eigenvalue weighted by molar-refractivity contribution is 6.30. The van der Waals surface area contributed by atoms with Crippen molar-refractivity contribution in [1.29, 1.82) is 0 Å². The number of amides is 1. The number of benzene rings is 3. The molecule has 3 aromatic rings. The Morgan fingerprint density at radius 3 is 2.56 bits per heavy atom. The van der Waals surface area contributed by atoms with Crippen LogP contribution < -0.4 is 14.8 Å². The predicted molar refractivity (Wildman–Crippen MR) is 112 cm³/mol. The van der Waals surface area contributed by atoms with Crippen LogP contribution in [0.3, 0.4) is 0 Å². The number of ether oxygens (including phenoxy) is 3. The zero-order chi connectivity index (χ0) is 22.7. The lowest BCUT2D eigenvalue weighted by Gasteiger charge is -2.39. The van der Waals surface area contributed by atoms with E-state index in [1.165, 1.54) is 13.2 Å². The van der Waals surface area contributed by atoms with E-state index >= 15 is 0 Å². The van der Waals surface area contributed by atoms with Crippen LogP contribution in [0.2, 0.25) is 0 Å². The zero-order valence-electron chi connectivity index (χ0n) is 16.8. The van der Waals surface area contributed by atoms with Crippen molar-refractivity contribution in [1.82, 2.24) is 0 Å². The number of nitrogens with one attached hydrogen (secondary N) is 1. The van der Waals surface area contributed by atoms with E-state index in [1.54, 1.807) is 24.3 Å². The van der Waals surface area contributed by atoms with Crippen LogP contribution >= 0.6 is 0 Å². The minimum atomic E-state index is -1.57. The van der Waals surface area contributed by atoms with Gasteiger partial charge in [0, 0.05) is 10.8 Å². The molecule has 168 valence electrons. The second kappa shape index (κ2) is 7.47. The number of aromatic hydroxyl groups is 1. The first kappa shape index (κ1) is 20.7. The van der Waals surface area contributed by atoms with E-state index in [-0.39, 0.29) is 23.2 Å². The molecule has 6 N–H and O–H groups in total. The van der Waals surface area contributed by atoms with Gasteiger partial charge in [-0.25, -0.2) is 0 Å². The highest BCUT2D eigenvalue weighted by atomic mass is 16.7. The Morgan fingerprint density at radius 2 is 1.84 bits per heavy atom. The number of anilines is 1. The molecule has 32 heavy (non-hydrogen) atoms. The third-order valence-corrected chi connectivity index (χ3v) is 5.92. The van der Waals surface area contributed by atoms with Crippen LogP contribution in [0.1, 0.15) is 10.4 Å². The number of phenols is 1. The lowest BCUT2D eigenvalue weighted by Crippen LogP contribution is -2.60. The molecule has 5 rings (SSSR count). The Balaban J connectivity index is 1.63. The summed E-state index contributed by atoms with van der Waals surface area (Å²) in [6.45, 7) is -0.573. The summed E-state index contributed by atoms with van der Waals surface area (Å²) in [4.78, 5) is 12.4. The van der Waals surface area contributed by atoms with Crippen molar-refractivity contribution in [3.05, 3.63) is 35.9 Å². The number of hydrogen-bond donors (Lipinski definition) is 6. The molecule has 2 aliphatic heterocycles. The molecule has 1 saturated heterocycles. The monoisotopic (exact) mass is 443 g/mol. The van der Waals surface area contributed by atoms with Crippen LogP contribution in [0.25, 0.3) is 21.5 Å². The maximum Gasteiger partial charge on any atom is 0.256 e. The maximum absolute atomic E-state index is 12.4. The number of phenolic OH excluding ortho intramolecular Hbond substituents is 1. The fraction of sp³-hybridized carbons (Fsp3) is 0.318. The molecule has 1 amide bonds. The standard InChI is InChI=1S/C22H21NO9/c1-30-20-13(25)6-11-15-12(23-21(11)29)4-8-2-3-9(5-10(8)16(15)20)31-22-19(28)18(27)17(26)14(7-24)32-22/h2-6,14,17-19,22,24-28H,7H2,1H3,(H,23,29). The van der Waals surface area contributed by atoms with Gasteiger partial charge in [-0.15, -0.1) is 0 Å². The van der Waals surface area contributed by atoms with E-state index in [2.05, 4.69) is 5.32 Å². The molecule has 2 aliphatic rings. The Bertz CT molecular complexity index is 1240. The Hall–Kier alpha value is -3.15.